The van der Waals surface area contributed by atoms with Crippen LogP contribution in [0.2, 0.25) is 0 Å². The van der Waals surface area contributed by atoms with E-state index in [2.05, 4.69) is 26.1 Å². The molecule has 0 spiro atoms. The van der Waals surface area contributed by atoms with Gasteiger partial charge in [-0.15, -0.1) is 0 Å². The molecule has 0 aliphatic heterocycles. The summed E-state index contributed by atoms with van der Waals surface area (Å²) in [5, 5.41) is 3.56. The summed E-state index contributed by atoms with van der Waals surface area (Å²) in [4.78, 5) is 0. The van der Waals surface area contributed by atoms with Crippen molar-refractivity contribution in [3.05, 3.63) is 0 Å². The molecule has 0 saturated heterocycles. The zero-order chi connectivity index (χ0) is 10.4. The van der Waals surface area contributed by atoms with E-state index in [-0.39, 0.29) is 0 Å². The van der Waals surface area contributed by atoms with Gasteiger partial charge >= 0.3 is 0 Å². The average molecular weight is 199 g/mol. The molecule has 2 heteroatoms. The van der Waals surface area contributed by atoms with Crippen LogP contribution in [0.15, 0.2) is 0 Å². The Bertz CT molecular complexity index is 145. The highest BCUT2D eigenvalue weighted by Crippen LogP contribution is 2.34. The van der Waals surface area contributed by atoms with Crippen molar-refractivity contribution < 1.29 is 4.74 Å². The molecule has 1 aliphatic carbocycles. The van der Waals surface area contributed by atoms with Gasteiger partial charge in [-0.05, 0) is 32.2 Å². The predicted octanol–water partition coefficient (Wildman–Crippen LogP) is 2.58. The van der Waals surface area contributed by atoms with E-state index < -0.39 is 0 Å². The summed E-state index contributed by atoms with van der Waals surface area (Å²) in [6, 6.07) is 0.581. The molecule has 0 heterocycles. The van der Waals surface area contributed by atoms with Crippen LogP contribution in [0.4, 0.5) is 0 Å². The largest absolute Gasteiger partial charge is 0.377 e. The number of nitrogens with one attached hydrogen (secondary N) is 1. The molecule has 0 bridgehead atoms. The van der Waals surface area contributed by atoms with Gasteiger partial charge in [0.2, 0.25) is 0 Å². The Morgan fingerprint density at radius 3 is 2.43 bits per heavy atom. The molecule has 1 rings (SSSR count). The summed E-state index contributed by atoms with van der Waals surface area (Å²) in [5.74, 6) is 0.980. The van der Waals surface area contributed by atoms with Crippen molar-refractivity contribution in [3.8, 4) is 0 Å². The fourth-order valence-corrected chi connectivity index (χ4v) is 2.07. The van der Waals surface area contributed by atoms with Crippen LogP contribution in [-0.2, 0) is 4.74 Å². The van der Waals surface area contributed by atoms with Crippen LogP contribution >= 0.6 is 0 Å². The summed E-state index contributed by atoms with van der Waals surface area (Å²) in [6.45, 7) is 8.38. The van der Waals surface area contributed by atoms with E-state index in [4.69, 9.17) is 4.74 Å². The van der Waals surface area contributed by atoms with Gasteiger partial charge in [0.1, 0.15) is 0 Å². The van der Waals surface area contributed by atoms with Crippen LogP contribution < -0.4 is 5.32 Å². The monoisotopic (exact) mass is 199 g/mol. The van der Waals surface area contributed by atoms with Gasteiger partial charge < -0.3 is 10.1 Å². The van der Waals surface area contributed by atoms with Gasteiger partial charge in [-0.2, -0.15) is 0 Å². The Hall–Kier alpha value is -0.0800. The van der Waals surface area contributed by atoms with Crippen LogP contribution in [0.1, 0.15) is 46.5 Å². The van der Waals surface area contributed by atoms with Crippen molar-refractivity contribution in [3.63, 3.8) is 0 Å². The quantitative estimate of drug-likeness (QED) is 0.649. The Morgan fingerprint density at radius 1 is 1.29 bits per heavy atom. The normalized spacial score (nSPS) is 20.8. The van der Waals surface area contributed by atoms with Crippen molar-refractivity contribution in [2.75, 3.05) is 13.2 Å². The molecule has 2 atom stereocenters. The minimum atomic E-state index is 0.417. The second kappa shape index (κ2) is 6.41. The van der Waals surface area contributed by atoms with Gasteiger partial charge in [-0.25, -0.2) is 0 Å². The molecule has 2 nitrogen and oxygen atoms in total. The van der Waals surface area contributed by atoms with Crippen molar-refractivity contribution in [2.45, 2.75) is 58.6 Å². The van der Waals surface area contributed by atoms with E-state index in [1.807, 2.05) is 0 Å². The molecule has 0 radical (unpaired) electrons. The van der Waals surface area contributed by atoms with E-state index >= 15 is 0 Å². The Balaban J connectivity index is 2.34. The third kappa shape index (κ3) is 3.97. The van der Waals surface area contributed by atoms with Gasteiger partial charge in [0, 0.05) is 12.6 Å². The second-order valence-electron chi connectivity index (χ2n) is 4.25. The molecule has 0 aromatic carbocycles. The molecule has 14 heavy (non-hydrogen) atoms. The number of ether oxygens (including phenoxy) is 1. The van der Waals surface area contributed by atoms with Crippen LogP contribution in [0.5, 0.6) is 0 Å². The molecular formula is C12H25NO. The lowest BCUT2D eigenvalue weighted by Crippen LogP contribution is -2.41. The third-order valence-corrected chi connectivity index (χ3v) is 2.98. The Labute approximate surface area is 88.4 Å². The van der Waals surface area contributed by atoms with Gasteiger partial charge in [-0.1, -0.05) is 26.7 Å². The number of rotatable bonds is 8. The highest BCUT2D eigenvalue weighted by atomic mass is 16.5. The highest BCUT2D eigenvalue weighted by molar-refractivity contribution is 4.84. The summed E-state index contributed by atoms with van der Waals surface area (Å²) in [5.41, 5.74) is 0. The molecule has 2 unspecified atom stereocenters. The van der Waals surface area contributed by atoms with E-state index in [0.717, 1.165) is 25.5 Å². The lowest BCUT2D eigenvalue weighted by molar-refractivity contribution is 0.0286. The predicted molar refractivity (Wildman–Crippen MR) is 60.5 cm³/mol. The number of hydrogen-bond acceptors (Lipinski definition) is 2. The lowest BCUT2D eigenvalue weighted by Gasteiger charge is -2.26. The van der Waals surface area contributed by atoms with Crippen LogP contribution in [0.25, 0.3) is 0 Å². The Morgan fingerprint density at radius 2 is 2.00 bits per heavy atom. The fraction of sp³-hybridized carbons (Fsp3) is 1.00. The summed E-state index contributed by atoms with van der Waals surface area (Å²) >= 11 is 0. The number of hydrogen-bond donors (Lipinski definition) is 1. The third-order valence-electron chi connectivity index (χ3n) is 2.98. The SMILES string of the molecule is CCNC(CC1CC1)C(CC)OCC. The van der Waals surface area contributed by atoms with E-state index in [1.165, 1.54) is 19.3 Å². The first-order valence-corrected chi connectivity index (χ1v) is 6.16. The first kappa shape index (κ1) is 12.0. The standard InChI is InChI=1S/C12H25NO/c1-4-12(14-6-3)11(13-5-2)9-10-7-8-10/h10-13H,4-9H2,1-3H3. The minimum absolute atomic E-state index is 0.417. The minimum Gasteiger partial charge on any atom is -0.377 e. The van der Waals surface area contributed by atoms with Crippen molar-refractivity contribution >= 4 is 0 Å². The van der Waals surface area contributed by atoms with Crippen molar-refractivity contribution in [1.29, 1.82) is 0 Å². The van der Waals surface area contributed by atoms with Crippen LogP contribution in [0.3, 0.4) is 0 Å². The molecule has 1 saturated carbocycles. The zero-order valence-corrected chi connectivity index (χ0v) is 9.88. The van der Waals surface area contributed by atoms with Gasteiger partial charge in [-0.3, -0.25) is 0 Å². The van der Waals surface area contributed by atoms with Gasteiger partial charge in [0.15, 0.2) is 0 Å². The van der Waals surface area contributed by atoms with Crippen molar-refractivity contribution in [2.24, 2.45) is 5.92 Å². The highest BCUT2D eigenvalue weighted by Gasteiger charge is 2.29. The Kier molecular flexibility index (Phi) is 5.49. The maximum absolute atomic E-state index is 5.77. The molecular weight excluding hydrogens is 174 g/mol. The van der Waals surface area contributed by atoms with E-state index in [9.17, 15) is 0 Å². The maximum atomic E-state index is 5.77. The van der Waals surface area contributed by atoms with E-state index in [1.54, 1.807) is 0 Å². The van der Waals surface area contributed by atoms with Gasteiger partial charge in [0.05, 0.1) is 6.10 Å². The summed E-state index contributed by atoms with van der Waals surface area (Å²) < 4.78 is 5.77. The molecule has 1 N–H and O–H groups in total. The summed E-state index contributed by atoms with van der Waals surface area (Å²) in [7, 11) is 0. The molecule has 84 valence electrons. The van der Waals surface area contributed by atoms with Crippen LogP contribution in [-0.4, -0.2) is 25.3 Å². The molecule has 1 aliphatic rings. The molecule has 0 aromatic heterocycles. The molecule has 0 aromatic rings. The van der Waals surface area contributed by atoms with Crippen LogP contribution in [0, 0.1) is 5.92 Å². The zero-order valence-electron chi connectivity index (χ0n) is 9.88. The summed E-state index contributed by atoms with van der Waals surface area (Å²) in [6.07, 6.45) is 5.72. The smallest absolute Gasteiger partial charge is 0.0725 e. The van der Waals surface area contributed by atoms with Gasteiger partial charge in [0.25, 0.3) is 0 Å². The maximum Gasteiger partial charge on any atom is 0.0725 e. The topological polar surface area (TPSA) is 21.3 Å². The number of likely N-dealkylation sites (N-methyl/N-ethyl adjacent to an activating group) is 1. The van der Waals surface area contributed by atoms with Crippen molar-refractivity contribution in [1.82, 2.24) is 5.32 Å². The first-order chi connectivity index (χ1) is 6.81. The molecule has 0 amide bonds. The molecule has 1 fully saturated rings. The second-order valence-corrected chi connectivity index (χ2v) is 4.25. The average Bonchev–Trinajstić information content (AvgIpc) is 2.97. The lowest BCUT2D eigenvalue weighted by atomic mass is 10.0. The van der Waals surface area contributed by atoms with E-state index in [0.29, 0.717) is 12.1 Å². The fourth-order valence-electron chi connectivity index (χ4n) is 2.07. The first-order valence-electron chi connectivity index (χ1n) is 6.16.